The number of amides is 2. The molecule has 1 aromatic carbocycles. The molecule has 5 nitrogen and oxygen atoms in total. The van der Waals surface area contributed by atoms with Crippen molar-refractivity contribution in [1.29, 1.82) is 0 Å². The molecule has 0 aliphatic carbocycles. The van der Waals surface area contributed by atoms with Gasteiger partial charge in [0.25, 0.3) is 0 Å². The number of anilines is 1. The van der Waals surface area contributed by atoms with Crippen LogP contribution in [0.25, 0.3) is 0 Å². The molecule has 118 valence electrons. The minimum Gasteiger partial charge on any atom is -0.383 e. The normalized spacial score (nSPS) is 12.8. The first-order valence-electron chi connectivity index (χ1n) is 6.30. The van der Waals surface area contributed by atoms with Crippen LogP contribution in [0.5, 0.6) is 0 Å². The molecule has 0 bridgehead atoms. The highest BCUT2D eigenvalue weighted by atomic mass is 19.4. The molecule has 0 fully saturated rings. The molecule has 4 N–H and O–H groups in total. The smallest absolute Gasteiger partial charge is 0.383 e. The van der Waals surface area contributed by atoms with Crippen LogP contribution >= 0.6 is 0 Å². The van der Waals surface area contributed by atoms with Crippen molar-refractivity contribution in [1.82, 2.24) is 5.32 Å². The minimum atomic E-state index is -4.40. The monoisotopic (exact) mass is 305 g/mol. The summed E-state index contributed by atoms with van der Waals surface area (Å²) in [6.07, 6.45) is -3.86. The standard InChI is InChI=1S/C13H18F3N3O2/c1-21-8-11(6-7-17)19-12(20)18-10-4-2-9(3-5-10)13(14,15)16/h2-5,11H,6-8,17H2,1H3,(H2,18,19,20). The van der Waals surface area contributed by atoms with Crippen molar-refractivity contribution in [2.45, 2.75) is 18.6 Å². The molecular weight excluding hydrogens is 287 g/mol. The second-order valence-electron chi connectivity index (χ2n) is 4.40. The number of nitrogens with one attached hydrogen (secondary N) is 2. The maximum Gasteiger partial charge on any atom is 0.416 e. The maximum atomic E-state index is 12.4. The van der Waals surface area contributed by atoms with E-state index in [4.69, 9.17) is 10.5 Å². The number of nitrogens with two attached hydrogens (primary N) is 1. The fourth-order valence-corrected chi connectivity index (χ4v) is 1.69. The molecule has 0 aliphatic rings. The Labute approximate surface area is 120 Å². The van der Waals surface area contributed by atoms with Gasteiger partial charge in [0.2, 0.25) is 0 Å². The van der Waals surface area contributed by atoms with Crippen molar-refractivity contribution in [3.05, 3.63) is 29.8 Å². The fourth-order valence-electron chi connectivity index (χ4n) is 1.69. The molecule has 0 saturated heterocycles. The Kier molecular flexibility index (Phi) is 6.44. The number of hydrogen-bond acceptors (Lipinski definition) is 3. The van der Waals surface area contributed by atoms with Crippen LogP contribution in [-0.4, -0.2) is 32.3 Å². The second-order valence-corrected chi connectivity index (χ2v) is 4.40. The Morgan fingerprint density at radius 2 is 1.95 bits per heavy atom. The summed E-state index contributed by atoms with van der Waals surface area (Å²) >= 11 is 0. The highest BCUT2D eigenvalue weighted by Crippen LogP contribution is 2.29. The van der Waals surface area contributed by atoms with Crippen molar-refractivity contribution >= 4 is 11.7 Å². The number of urea groups is 1. The Morgan fingerprint density at radius 3 is 2.43 bits per heavy atom. The first kappa shape index (κ1) is 17.3. The first-order valence-corrected chi connectivity index (χ1v) is 6.30. The van der Waals surface area contributed by atoms with E-state index >= 15 is 0 Å². The summed E-state index contributed by atoms with van der Waals surface area (Å²) < 4.78 is 42.1. The topological polar surface area (TPSA) is 76.4 Å². The molecule has 0 saturated carbocycles. The van der Waals surface area contributed by atoms with Crippen LogP contribution in [0.15, 0.2) is 24.3 Å². The van der Waals surface area contributed by atoms with E-state index in [1.165, 1.54) is 19.2 Å². The number of ether oxygens (including phenoxy) is 1. The maximum absolute atomic E-state index is 12.4. The third-order valence-corrected chi connectivity index (χ3v) is 2.69. The average molecular weight is 305 g/mol. The van der Waals surface area contributed by atoms with Crippen LogP contribution in [0, 0.1) is 0 Å². The van der Waals surface area contributed by atoms with Crippen molar-refractivity contribution in [3.8, 4) is 0 Å². The van der Waals surface area contributed by atoms with Crippen LogP contribution in [0.4, 0.5) is 23.7 Å². The zero-order valence-electron chi connectivity index (χ0n) is 11.5. The molecule has 0 heterocycles. The lowest BCUT2D eigenvalue weighted by atomic mass is 10.2. The number of carbonyl (C=O) groups excluding carboxylic acids is 1. The predicted molar refractivity (Wildman–Crippen MR) is 72.9 cm³/mol. The zero-order chi connectivity index (χ0) is 15.9. The van der Waals surface area contributed by atoms with Gasteiger partial charge in [0.05, 0.1) is 18.2 Å². The highest BCUT2D eigenvalue weighted by Gasteiger charge is 2.29. The predicted octanol–water partition coefficient (Wildman–Crippen LogP) is 2.19. The van der Waals surface area contributed by atoms with Gasteiger partial charge in [-0.1, -0.05) is 0 Å². The van der Waals surface area contributed by atoms with Gasteiger partial charge in [-0.05, 0) is 37.2 Å². The quantitative estimate of drug-likeness (QED) is 0.754. The van der Waals surface area contributed by atoms with Gasteiger partial charge < -0.3 is 21.1 Å². The molecule has 1 aromatic rings. The summed E-state index contributed by atoms with van der Waals surface area (Å²) in [5.41, 5.74) is 4.91. The van der Waals surface area contributed by atoms with Crippen molar-refractivity contribution in [3.63, 3.8) is 0 Å². The van der Waals surface area contributed by atoms with E-state index in [0.29, 0.717) is 19.6 Å². The molecule has 1 rings (SSSR count). The van der Waals surface area contributed by atoms with E-state index < -0.39 is 17.8 Å². The number of carbonyl (C=O) groups is 1. The van der Waals surface area contributed by atoms with Crippen LogP contribution in [-0.2, 0) is 10.9 Å². The fraction of sp³-hybridized carbons (Fsp3) is 0.462. The van der Waals surface area contributed by atoms with Gasteiger partial charge in [0.1, 0.15) is 0 Å². The molecule has 21 heavy (non-hydrogen) atoms. The van der Waals surface area contributed by atoms with E-state index in [1.54, 1.807) is 0 Å². The lowest BCUT2D eigenvalue weighted by Gasteiger charge is -2.17. The molecule has 1 atom stereocenters. The molecular formula is C13H18F3N3O2. The van der Waals surface area contributed by atoms with Crippen LogP contribution < -0.4 is 16.4 Å². The Morgan fingerprint density at radius 1 is 1.33 bits per heavy atom. The van der Waals surface area contributed by atoms with Crippen LogP contribution in [0.1, 0.15) is 12.0 Å². The number of benzene rings is 1. The molecule has 2 amide bonds. The van der Waals surface area contributed by atoms with Gasteiger partial charge in [-0.3, -0.25) is 0 Å². The molecule has 0 aromatic heterocycles. The van der Waals surface area contributed by atoms with Gasteiger partial charge in [-0.2, -0.15) is 13.2 Å². The molecule has 1 unspecified atom stereocenters. The number of alkyl halides is 3. The lowest BCUT2D eigenvalue weighted by Crippen LogP contribution is -2.41. The van der Waals surface area contributed by atoms with E-state index in [2.05, 4.69) is 10.6 Å². The van der Waals surface area contributed by atoms with Crippen molar-refractivity contribution in [2.75, 3.05) is 25.6 Å². The van der Waals surface area contributed by atoms with Crippen LogP contribution in [0.3, 0.4) is 0 Å². The van der Waals surface area contributed by atoms with Crippen LogP contribution in [0.2, 0.25) is 0 Å². The number of rotatable bonds is 6. The summed E-state index contributed by atoms with van der Waals surface area (Å²) in [5, 5.41) is 5.09. The summed E-state index contributed by atoms with van der Waals surface area (Å²) in [6, 6.07) is 3.41. The molecule has 8 heteroatoms. The van der Waals surface area contributed by atoms with Gasteiger partial charge >= 0.3 is 12.2 Å². The van der Waals surface area contributed by atoms with Gasteiger partial charge in [-0.25, -0.2) is 4.79 Å². The summed E-state index contributed by atoms with van der Waals surface area (Å²) in [6.45, 7) is 0.687. The van der Waals surface area contributed by atoms with Gasteiger partial charge in [0, 0.05) is 12.8 Å². The SMILES string of the molecule is COCC(CCN)NC(=O)Nc1ccc(C(F)(F)F)cc1. The minimum absolute atomic E-state index is 0.255. The number of methoxy groups -OCH3 is 1. The van der Waals surface area contributed by atoms with E-state index in [-0.39, 0.29) is 11.7 Å². The Balaban J connectivity index is 2.58. The van der Waals surface area contributed by atoms with Gasteiger partial charge in [-0.15, -0.1) is 0 Å². The largest absolute Gasteiger partial charge is 0.416 e. The van der Waals surface area contributed by atoms with E-state index in [9.17, 15) is 18.0 Å². The van der Waals surface area contributed by atoms with Crippen molar-refractivity contribution in [2.24, 2.45) is 5.73 Å². The third kappa shape index (κ3) is 6.01. The third-order valence-electron chi connectivity index (χ3n) is 2.69. The average Bonchev–Trinajstić information content (AvgIpc) is 2.38. The Hall–Kier alpha value is -1.80. The Bertz CT molecular complexity index is 443. The zero-order valence-corrected chi connectivity index (χ0v) is 11.5. The lowest BCUT2D eigenvalue weighted by molar-refractivity contribution is -0.137. The highest BCUT2D eigenvalue weighted by molar-refractivity contribution is 5.89. The first-order chi connectivity index (χ1) is 9.86. The summed E-state index contributed by atoms with van der Waals surface area (Å²) in [7, 11) is 1.50. The van der Waals surface area contributed by atoms with Gasteiger partial charge in [0.15, 0.2) is 0 Å². The number of halogens is 3. The second kappa shape index (κ2) is 7.84. The van der Waals surface area contributed by atoms with E-state index in [0.717, 1.165) is 12.1 Å². The van der Waals surface area contributed by atoms with Crippen molar-refractivity contribution < 1.29 is 22.7 Å². The summed E-state index contributed by atoms with van der Waals surface area (Å²) in [4.78, 5) is 11.7. The molecule has 0 spiro atoms. The molecule has 0 aliphatic heterocycles. The summed E-state index contributed by atoms with van der Waals surface area (Å²) in [5.74, 6) is 0. The molecule has 0 radical (unpaired) electrons. The van der Waals surface area contributed by atoms with E-state index in [1.807, 2.05) is 0 Å². The number of hydrogen-bond donors (Lipinski definition) is 3.